The summed E-state index contributed by atoms with van der Waals surface area (Å²) in [5.41, 5.74) is 3.71. The molecule has 9 heteroatoms. The highest BCUT2D eigenvalue weighted by molar-refractivity contribution is 7.92. The minimum atomic E-state index is -3.89. The van der Waals surface area contributed by atoms with Gasteiger partial charge in [-0.05, 0) is 67.4 Å². The summed E-state index contributed by atoms with van der Waals surface area (Å²) in [6, 6.07) is 16.1. The van der Waals surface area contributed by atoms with E-state index in [4.69, 9.17) is 9.94 Å². The van der Waals surface area contributed by atoms with E-state index in [0.29, 0.717) is 28.1 Å². The van der Waals surface area contributed by atoms with Gasteiger partial charge in [0.15, 0.2) is 0 Å². The summed E-state index contributed by atoms with van der Waals surface area (Å²) >= 11 is 0. The monoisotopic (exact) mass is 467 g/mol. The van der Waals surface area contributed by atoms with E-state index in [0.717, 1.165) is 0 Å². The lowest BCUT2D eigenvalue weighted by atomic mass is 9.98. The summed E-state index contributed by atoms with van der Waals surface area (Å²) in [6.45, 7) is 3.57. The number of nitrogens with one attached hydrogen (secondary N) is 1. The number of methoxy groups -OCH3 is 1. The van der Waals surface area contributed by atoms with Crippen molar-refractivity contribution in [2.45, 2.75) is 24.8 Å². The number of ether oxygens (including phenoxy) is 1. The number of rotatable bonds is 8. The van der Waals surface area contributed by atoms with Gasteiger partial charge in [-0.1, -0.05) is 18.2 Å². The zero-order chi connectivity index (χ0) is 24.0. The summed E-state index contributed by atoms with van der Waals surface area (Å²) in [5, 5.41) is 9.01. The number of nitrogens with zero attached hydrogens (tertiary/aromatic N) is 2. The van der Waals surface area contributed by atoms with Crippen LogP contribution in [0.3, 0.4) is 0 Å². The van der Waals surface area contributed by atoms with Crippen molar-refractivity contribution in [1.29, 1.82) is 0 Å². The Bertz CT molecular complexity index is 1240. The van der Waals surface area contributed by atoms with E-state index < -0.39 is 15.9 Å². The standard InChI is InChI=1S/C24H25N3O5S/c1-17(2)27(33(30,31)22-11-9-21(32-3)10-12-22)20-8-4-6-18(14-20)23(15-24(28)26-29)19-7-5-13-25-16-19/h4-17,29H,1-3H3,(H,26,28)/b23-15+. The minimum absolute atomic E-state index is 0.130. The number of sulfonamides is 1. The molecule has 8 nitrogen and oxygen atoms in total. The number of hydrogen-bond donors (Lipinski definition) is 2. The summed E-state index contributed by atoms with van der Waals surface area (Å²) in [5.74, 6) is -0.161. The minimum Gasteiger partial charge on any atom is -0.497 e. The number of amides is 1. The first-order valence-corrected chi connectivity index (χ1v) is 11.6. The van der Waals surface area contributed by atoms with Crippen molar-refractivity contribution in [3.8, 4) is 5.75 Å². The van der Waals surface area contributed by atoms with Crippen LogP contribution in [0.5, 0.6) is 5.75 Å². The van der Waals surface area contributed by atoms with Crippen molar-refractivity contribution in [3.05, 3.63) is 90.3 Å². The van der Waals surface area contributed by atoms with Crippen LogP contribution in [0.4, 0.5) is 5.69 Å². The first-order chi connectivity index (χ1) is 15.8. The zero-order valence-electron chi connectivity index (χ0n) is 18.5. The fraction of sp³-hybridized carbons (Fsp3) is 0.167. The number of aromatic nitrogens is 1. The van der Waals surface area contributed by atoms with Crippen LogP contribution in [0, 0.1) is 0 Å². The molecular formula is C24H25N3O5S. The Kier molecular flexibility index (Phi) is 7.47. The van der Waals surface area contributed by atoms with Gasteiger partial charge in [0.05, 0.1) is 17.7 Å². The van der Waals surface area contributed by atoms with Gasteiger partial charge in [0, 0.05) is 30.1 Å². The van der Waals surface area contributed by atoms with E-state index in [1.54, 1.807) is 80.3 Å². The van der Waals surface area contributed by atoms with Crippen molar-refractivity contribution in [2.24, 2.45) is 0 Å². The second-order valence-corrected chi connectivity index (χ2v) is 9.21. The van der Waals surface area contributed by atoms with Gasteiger partial charge >= 0.3 is 0 Å². The lowest BCUT2D eigenvalue weighted by Crippen LogP contribution is -2.37. The molecule has 0 radical (unpaired) electrons. The van der Waals surface area contributed by atoms with Gasteiger partial charge in [0.1, 0.15) is 5.75 Å². The van der Waals surface area contributed by atoms with Crippen LogP contribution >= 0.6 is 0 Å². The molecule has 0 aliphatic carbocycles. The van der Waals surface area contributed by atoms with E-state index in [1.807, 2.05) is 0 Å². The Balaban J connectivity index is 2.11. The second-order valence-electron chi connectivity index (χ2n) is 7.40. The third-order valence-electron chi connectivity index (χ3n) is 4.86. The van der Waals surface area contributed by atoms with Crippen LogP contribution < -0.4 is 14.5 Å². The van der Waals surface area contributed by atoms with Gasteiger partial charge in [-0.25, -0.2) is 13.9 Å². The average Bonchev–Trinajstić information content (AvgIpc) is 2.82. The third-order valence-corrected chi connectivity index (χ3v) is 6.87. The molecule has 1 heterocycles. The SMILES string of the molecule is COc1ccc(S(=O)(=O)N(c2cccc(/C(=C\C(=O)NO)c3cccnc3)c2)C(C)C)cc1. The molecule has 1 amide bonds. The fourth-order valence-electron chi connectivity index (χ4n) is 3.41. The van der Waals surface area contributed by atoms with Crippen LogP contribution in [0.1, 0.15) is 25.0 Å². The third kappa shape index (κ3) is 5.39. The van der Waals surface area contributed by atoms with Gasteiger partial charge in [-0.2, -0.15) is 0 Å². The summed E-state index contributed by atoms with van der Waals surface area (Å²) in [4.78, 5) is 16.1. The molecule has 0 aliphatic rings. The smallest absolute Gasteiger partial charge is 0.267 e. The quantitative estimate of drug-likeness (QED) is 0.298. The molecule has 1 aromatic heterocycles. The highest BCUT2D eigenvalue weighted by Gasteiger charge is 2.28. The Hall–Kier alpha value is -3.69. The Morgan fingerprint density at radius 3 is 2.36 bits per heavy atom. The van der Waals surface area contributed by atoms with Crippen molar-refractivity contribution in [1.82, 2.24) is 10.5 Å². The van der Waals surface area contributed by atoms with Crippen molar-refractivity contribution < 1.29 is 23.2 Å². The molecule has 0 atom stereocenters. The summed E-state index contributed by atoms with van der Waals surface area (Å²) < 4.78 is 33.5. The maximum absolute atomic E-state index is 13.5. The van der Waals surface area contributed by atoms with E-state index in [2.05, 4.69) is 4.98 Å². The largest absolute Gasteiger partial charge is 0.497 e. The molecular weight excluding hydrogens is 442 g/mol. The van der Waals surface area contributed by atoms with Crippen LogP contribution in [0.2, 0.25) is 0 Å². The normalized spacial score (nSPS) is 11.8. The Labute approximate surface area is 193 Å². The van der Waals surface area contributed by atoms with E-state index in [1.165, 1.54) is 29.6 Å². The molecule has 2 N–H and O–H groups in total. The maximum atomic E-state index is 13.5. The number of carbonyl (C=O) groups is 1. The average molecular weight is 468 g/mol. The lowest BCUT2D eigenvalue weighted by Gasteiger charge is -2.29. The molecule has 0 unspecified atom stereocenters. The predicted molar refractivity (Wildman–Crippen MR) is 125 cm³/mol. The second kappa shape index (κ2) is 10.3. The van der Waals surface area contributed by atoms with Crippen molar-refractivity contribution in [3.63, 3.8) is 0 Å². The number of pyridine rings is 1. The van der Waals surface area contributed by atoms with Gasteiger partial charge in [0.25, 0.3) is 15.9 Å². The summed E-state index contributed by atoms with van der Waals surface area (Å²) in [7, 11) is -2.37. The topological polar surface area (TPSA) is 109 Å². The Morgan fingerprint density at radius 1 is 1.09 bits per heavy atom. The fourth-order valence-corrected chi connectivity index (χ4v) is 5.06. The zero-order valence-corrected chi connectivity index (χ0v) is 19.3. The van der Waals surface area contributed by atoms with Gasteiger partial charge < -0.3 is 4.74 Å². The molecule has 3 aromatic rings. The number of anilines is 1. The van der Waals surface area contributed by atoms with Crippen molar-refractivity contribution in [2.75, 3.05) is 11.4 Å². The summed E-state index contributed by atoms with van der Waals surface area (Å²) in [6.07, 6.45) is 4.41. The lowest BCUT2D eigenvalue weighted by molar-refractivity contribution is -0.124. The van der Waals surface area contributed by atoms with E-state index >= 15 is 0 Å². The van der Waals surface area contributed by atoms with Gasteiger partial charge in [-0.15, -0.1) is 0 Å². The number of hydrogen-bond acceptors (Lipinski definition) is 6. The number of hydroxylamine groups is 1. The molecule has 0 spiro atoms. The molecule has 3 rings (SSSR count). The van der Waals surface area contributed by atoms with E-state index in [-0.39, 0.29) is 10.9 Å². The van der Waals surface area contributed by atoms with Crippen molar-refractivity contribution >= 4 is 27.2 Å². The molecule has 0 saturated carbocycles. The van der Waals surface area contributed by atoms with Crippen LogP contribution in [0.25, 0.3) is 5.57 Å². The molecule has 0 saturated heterocycles. The van der Waals surface area contributed by atoms with Crippen LogP contribution in [0.15, 0.2) is 84.0 Å². The van der Waals surface area contributed by atoms with Gasteiger partial charge in [0.2, 0.25) is 0 Å². The molecule has 0 bridgehead atoms. The van der Waals surface area contributed by atoms with Crippen LogP contribution in [-0.4, -0.2) is 37.7 Å². The molecule has 0 aliphatic heterocycles. The molecule has 0 fully saturated rings. The molecule has 172 valence electrons. The van der Waals surface area contributed by atoms with E-state index in [9.17, 15) is 13.2 Å². The maximum Gasteiger partial charge on any atom is 0.267 e. The van der Waals surface area contributed by atoms with Gasteiger partial charge in [-0.3, -0.25) is 19.3 Å². The first-order valence-electron chi connectivity index (χ1n) is 10.1. The molecule has 2 aromatic carbocycles. The Morgan fingerprint density at radius 2 is 1.79 bits per heavy atom. The highest BCUT2D eigenvalue weighted by atomic mass is 32.2. The number of benzene rings is 2. The first kappa shape index (κ1) is 24.0. The highest BCUT2D eigenvalue weighted by Crippen LogP contribution is 2.31. The molecule has 33 heavy (non-hydrogen) atoms. The predicted octanol–water partition coefficient (Wildman–Crippen LogP) is 3.63. The number of carbonyl (C=O) groups excluding carboxylic acids is 1. The van der Waals surface area contributed by atoms with Crippen LogP contribution in [-0.2, 0) is 14.8 Å².